The van der Waals surface area contributed by atoms with Crippen molar-refractivity contribution in [3.8, 4) is 0 Å². The highest BCUT2D eigenvalue weighted by atomic mass is 35.5. The SMILES string of the molecule is CCCCc1ccc(NC(=O)CS(=O)(=O)c2ccc(Cl)cc2)cc1. The van der Waals surface area contributed by atoms with E-state index in [-0.39, 0.29) is 4.90 Å². The van der Waals surface area contributed by atoms with Crippen LogP contribution in [0.5, 0.6) is 0 Å². The van der Waals surface area contributed by atoms with E-state index in [1.807, 2.05) is 12.1 Å². The molecule has 0 saturated heterocycles. The number of aryl methyl sites for hydroxylation is 1. The minimum atomic E-state index is -3.69. The first-order chi connectivity index (χ1) is 11.4. The Labute approximate surface area is 147 Å². The van der Waals surface area contributed by atoms with Gasteiger partial charge in [-0.05, 0) is 54.8 Å². The summed E-state index contributed by atoms with van der Waals surface area (Å²) in [5.74, 6) is -1.17. The third-order valence-electron chi connectivity index (χ3n) is 3.55. The normalized spacial score (nSPS) is 11.2. The molecule has 2 aromatic carbocycles. The number of anilines is 1. The van der Waals surface area contributed by atoms with Crippen molar-refractivity contribution in [2.45, 2.75) is 31.1 Å². The van der Waals surface area contributed by atoms with Crippen LogP contribution >= 0.6 is 11.6 Å². The van der Waals surface area contributed by atoms with Gasteiger partial charge in [-0.1, -0.05) is 37.1 Å². The molecule has 0 aliphatic carbocycles. The van der Waals surface area contributed by atoms with E-state index < -0.39 is 21.5 Å². The van der Waals surface area contributed by atoms with Gasteiger partial charge >= 0.3 is 0 Å². The maximum absolute atomic E-state index is 12.2. The molecule has 0 spiro atoms. The summed E-state index contributed by atoms with van der Waals surface area (Å²) in [6.07, 6.45) is 3.24. The van der Waals surface area contributed by atoms with Gasteiger partial charge in [0, 0.05) is 10.7 Å². The summed E-state index contributed by atoms with van der Waals surface area (Å²) in [5.41, 5.74) is 1.79. The minimum Gasteiger partial charge on any atom is -0.325 e. The monoisotopic (exact) mass is 365 g/mol. The van der Waals surface area contributed by atoms with Gasteiger partial charge in [0.05, 0.1) is 4.90 Å². The molecule has 1 N–H and O–H groups in total. The highest BCUT2D eigenvalue weighted by Crippen LogP contribution is 2.16. The molecule has 0 aromatic heterocycles. The number of carbonyl (C=O) groups excluding carboxylic acids is 1. The van der Waals surface area contributed by atoms with E-state index in [9.17, 15) is 13.2 Å². The Balaban J connectivity index is 1.98. The number of benzene rings is 2. The standard InChI is InChI=1S/C18H20ClNO3S/c1-2-3-4-14-5-9-16(10-6-14)20-18(21)13-24(22,23)17-11-7-15(19)8-12-17/h5-12H,2-4,13H2,1H3,(H,20,21). The van der Waals surface area contributed by atoms with Crippen LogP contribution in [-0.2, 0) is 21.1 Å². The summed E-state index contributed by atoms with van der Waals surface area (Å²) in [5, 5.41) is 3.06. The van der Waals surface area contributed by atoms with Gasteiger partial charge < -0.3 is 5.32 Å². The molecule has 0 fully saturated rings. The zero-order valence-electron chi connectivity index (χ0n) is 13.5. The smallest absolute Gasteiger partial charge is 0.239 e. The minimum absolute atomic E-state index is 0.0805. The Morgan fingerprint density at radius 1 is 1.04 bits per heavy atom. The summed E-state index contributed by atoms with van der Waals surface area (Å²) < 4.78 is 24.4. The molecule has 6 heteroatoms. The van der Waals surface area contributed by atoms with Crippen LogP contribution in [0, 0.1) is 0 Å². The summed E-state index contributed by atoms with van der Waals surface area (Å²) in [7, 11) is -3.69. The molecule has 0 saturated carbocycles. The fraction of sp³-hybridized carbons (Fsp3) is 0.278. The van der Waals surface area contributed by atoms with Crippen LogP contribution < -0.4 is 5.32 Å². The van der Waals surface area contributed by atoms with Crippen LogP contribution in [0.2, 0.25) is 5.02 Å². The summed E-state index contributed by atoms with van der Waals surface area (Å²) in [6, 6.07) is 13.2. The Hall–Kier alpha value is -1.85. The molecule has 4 nitrogen and oxygen atoms in total. The number of sulfone groups is 1. The van der Waals surface area contributed by atoms with Crippen molar-refractivity contribution in [3.63, 3.8) is 0 Å². The summed E-state index contributed by atoms with van der Waals surface area (Å²) in [6.45, 7) is 2.13. The van der Waals surface area contributed by atoms with Gasteiger partial charge in [0.2, 0.25) is 5.91 Å². The first-order valence-corrected chi connectivity index (χ1v) is 9.81. The largest absolute Gasteiger partial charge is 0.325 e. The molecule has 0 radical (unpaired) electrons. The van der Waals surface area contributed by atoms with Crippen molar-refractivity contribution in [1.29, 1.82) is 0 Å². The van der Waals surface area contributed by atoms with Gasteiger partial charge in [-0.3, -0.25) is 4.79 Å². The topological polar surface area (TPSA) is 63.2 Å². The number of nitrogens with one attached hydrogen (secondary N) is 1. The zero-order chi connectivity index (χ0) is 17.6. The quantitative estimate of drug-likeness (QED) is 0.803. The van der Waals surface area contributed by atoms with Crippen LogP contribution in [0.15, 0.2) is 53.4 Å². The highest BCUT2D eigenvalue weighted by Gasteiger charge is 2.19. The van der Waals surface area contributed by atoms with Crippen LogP contribution in [0.1, 0.15) is 25.3 Å². The predicted molar refractivity (Wildman–Crippen MR) is 97.2 cm³/mol. The Kier molecular flexibility index (Phi) is 6.40. The number of unbranched alkanes of at least 4 members (excludes halogenated alkanes) is 1. The third-order valence-corrected chi connectivity index (χ3v) is 5.44. The highest BCUT2D eigenvalue weighted by molar-refractivity contribution is 7.92. The van der Waals surface area contributed by atoms with E-state index in [0.29, 0.717) is 10.7 Å². The molecule has 0 atom stereocenters. The second kappa shape index (κ2) is 8.31. The maximum Gasteiger partial charge on any atom is 0.239 e. The van der Waals surface area contributed by atoms with E-state index >= 15 is 0 Å². The van der Waals surface area contributed by atoms with Crippen molar-refractivity contribution >= 4 is 33.0 Å². The summed E-state index contributed by atoms with van der Waals surface area (Å²) in [4.78, 5) is 12.1. The lowest BCUT2D eigenvalue weighted by molar-refractivity contribution is -0.113. The van der Waals surface area contributed by atoms with E-state index in [2.05, 4.69) is 12.2 Å². The van der Waals surface area contributed by atoms with Crippen molar-refractivity contribution in [3.05, 3.63) is 59.1 Å². The molecular formula is C18H20ClNO3S. The summed E-state index contributed by atoms with van der Waals surface area (Å²) >= 11 is 5.75. The van der Waals surface area contributed by atoms with Crippen molar-refractivity contribution < 1.29 is 13.2 Å². The fourth-order valence-electron chi connectivity index (χ4n) is 2.23. The lowest BCUT2D eigenvalue weighted by atomic mass is 10.1. The average Bonchev–Trinajstić information content (AvgIpc) is 2.54. The first kappa shape index (κ1) is 18.5. The lowest BCUT2D eigenvalue weighted by Gasteiger charge is -2.08. The van der Waals surface area contributed by atoms with Crippen LogP contribution in [0.4, 0.5) is 5.69 Å². The van der Waals surface area contributed by atoms with Crippen molar-refractivity contribution in [2.24, 2.45) is 0 Å². The molecular weight excluding hydrogens is 346 g/mol. The molecule has 0 aliphatic rings. The molecule has 1 amide bonds. The lowest BCUT2D eigenvalue weighted by Crippen LogP contribution is -2.23. The molecule has 2 aromatic rings. The number of halogens is 1. The molecule has 128 valence electrons. The molecule has 0 unspecified atom stereocenters. The van der Waals surface area contributed by atoms with Gasteiger partial charge in [0.15, 0.2) is 9.84 Å². The number of hydrogen-bond donors (Lipinski definition) is 1. The first-order valence-electron chi connectivity index (χ1n) is 7.78. The Morgan fingerprint density at radius 2 is 1.67 bits per heavy atom. The number of carbonyl (C=O) groups is 1. The second-order valence-electron chi connectivity index (χ2n) is 5.56. The van der Waals surface area contributed by atoms with E-state index in [4.69, 9.17) is 11.6 Å². The third kappa shape index (κ3) is 5.35. The maximum atomic E-state index is 12.2. The average molecular weight is 366 g/mol. The molecule has 2 rings (SSSR count). The van der Waals surface area contributed by atoms with E-state index in [1.165, 1.54) is 29.8 Å². The fourth-order valence-corrected chi connectivity index (χ4v) is 3.49. The zero-order valence-corrected chi connectivity index (χ0v) is 15.0. The van der Waals surface area contributed by atoms with E-state index in [0.717, 1.165) is 19.3 Å². The molecule has 0 heterocycles. The van der Waals surface area contributed by atoms with Crippen molar-refractivity contribution in [2.75, 3.05) is 11.1 Å². The second-order valence-corrected chi connectivity index (χ2v) is 7.99. The van der Waals surface area contributed by atoms with E-state index in [1.54, 1.807) is 12.1 Å². The number of hydrogen-bond acceptors (Lipinski definition) is 3. The molecule has 0 bridgehead atoms. The van der Waals surface area contributed by atoms with Crippen molar-refractivity contribution in [1.82, 2.24) is 0 Å². The predicted octanol–water partition coefficient (Wildman–Crippen LogP) is 4.10. The van der Waals surface area contributed by atoms with Gasteiger partial charge in [-0.15, -0.1) is 0 Å². The van der Waals surface area contributed by atoms with Crippen LogP contribution in [-0.4, -0.2) is 20.1 Å². The van der Waals surface area contributed by atoms with Gasteiger partial charge in [-0.2, -0.15) is 0 Å². The number of rotatable bonds is 7. The van der Waals surface area contributed by atoms with Crippen LogP contribution in [0.25, 0.3) is 0 Å². The number of amides is 1. The van der Waals surface area contributed by atoms with Gasteiger partial charge in [0.25, 0.3) is 0 Å². The molecule has 24 heavy (non-hydrogen) atoms. The molecule has 0 aliphatic heterocycles. The van der Waals surface area contributed by atoms with Gasteiger partial charge in [0.1, 0.15) is 5.75 Å². The Bertz CT molecular complexity index is 784. The Morgan fingerprint density at radius 3 is 2.25 bits per heavy atom. The van der Waals surface area contributed by atoms with Gasteiger partial charge in [-0.25, -0.2) is 8.42 Å². The van der Waals surface area contributed by atoms with Crippen LogP contribution in [0.3, 0.4) is 0 Å².